The van der Waals surface area contributed by atoms with Crippen molar-refractivity contribution in [1.82, 2.24) is 10.2 Å². The van der Waals surface area contributed by atoms with Gasteiger partial charge < -0.3 is 24.1 Å². The normalized spacial score (nSPS) is 15.1. The van der Waals surface area contributed by atoms with Gasteiger partial charge in [0.2, 0.25) is 0 Å². The van der Waals surface area contributed by atoms with Gasteiger partial charge in [-0.2, -0.15) is 0 Å². The van der Waals surface area contributed by atoms with Crippen LogP contribution in [0.3, 0.4) is 0 Å². The summed E-state index contributed by atoms with van der Waals surface area (Å²) in [5.74, 6) is 2.27. The highest BCUT2D eigenvalue weighted by molar-refractivity contribution is 6.42. The van der Waals surface area contributed by atoms with E-state index in [1.54, 1.807) is 12.1 Å². The Morgan fingerprint density at radius 3 is 2.72 bits per heavy atom. The van der Waals surface area contributed by atoms with Gasteiger partial charge >= 0.3 is 0 Å². The number of para-hydroxylation sites is 1. The Labute approximate surface area is 198 Å². The zero-order chi connectivity index (χ0) is 22.5. The quantitative estimate of drug-likeness (QED) is 0.397. The molecule has 2 aromatic carbocycles. The molecule has 0 unspecified atom stereocenters. The van der Waals surface area contributed by atoms with Crippen molar-refractivity contribution in [2.45, 2.75) is 25.9 Å². The number of hydrogen-bond donors (Lipinski definition) is 1. The molecule has 1 aliphatic rings. The molecule has 1 N–H and O–H groups in total. The van der Waals surface area contributed by atoms with Gasteiger partial charge in [0.15, 0.2) is 17.1 Å². The minimum absolute atomic E-state index is 0.196. The number of rotatable bonds is 9. The second kappa shape index (κ2) is 10.5. The van der Waals surface area contributed by atoms with Crippen LogP contribution in [0.2, 0.25) is 10.0 Å². The molecule has 5 nitrogen and oxygen atoms in total. The highest BCUT2D eigenvalue weighted by atomic mass is 35.5. The van der Waals surface area contributed by atoms with Gasteiger partial charge in [-0.3, -0.25) is 0 Å². The van der Waals surface area contributed by atoms with E-state index in [9.17, 15) is 0 Å². The molecule has 0 spiro atoms. The van der Waals surface area contributed by atoms with Crippen molar-refractivity contribution in [3.05, 3.63) is 64.8 Å². The Morgan fingerprint density at radius 1 is 1.16 bits per heavy atom. The summed E-state index contributed by atoms with van der Waals surface area (Å²) in [6.45, 7) is 10.4. The number of piperidine rings is 1. The SMILES string of the molecule is C=C(NCCN1CCC(Oc2ccc(Cl)c(Cl)c2)CC1)c1cc2cccc(OCC)c2o1. The first-order valence-corrected chi connectivity index (χ1v) is 11.7. The summed E-state index contributed by atoms with van der Waals surface area (Å²) in [4.78, 5) is 2.43. The number of likely N-dealkylation sites (tertiary alicyclic amines) is 1. The fraction of sp³-hybridized carbons (Fsp3) is 0.360. The van der Waals surface area contributed by atoms with Gasteiger partial charge in [0, 0.05) is 37.6 Å². The smallest absolute Gasteiger partial charge is 0.176 e. The Morgan fingerprint density at radius 2 is 1.97 bits per heavy atom. The fourth-order valence-corrected chi connectivity index (χ4v) is 4.19. The average molecular weight is 475 g/mol. The molecule has 2 heterocycles. The Bertz CT molecular complexity index is 1070. The van der Waals surface area contributed by atoms with Crippen LogP contribution in [0.25, 0.3) is 16.7 Å². The number of furan rings is 1. The predicted molar refractivity (Wildman–Crippen MR) is 131 cm³/mol. The molecule has 4 rings (SSSR count). The highest BCUT2D eigenvalue weighted by Gasteiger charge is 2.20. The molecule has 0 bridgehead atoms. The van der Waals surface area contributed by atoms with Crippen molar-refractivity contribution in [2.24, 2.45) is 0 Å². The molecule has 3 aromatic rings. The molecule has 0 radical (unpaired) electrons. The molecule has 1 fully saturated rings. The lowest BCUT2D eigenvalue weighted by Crippen LogP contribution is -2.41. The van der Waals surface area contributed by atoms with E-state index in [0.717, 1.165) is 72.9 Å². The van der Waals surface area contributed by atoms with Crippen molar-refractivity contribution in [3.63, 3.8) is 0 Å². The zero-order valence-corrected chi connectivity index (χ0v) is 19.7. The molecule has 7 heteroatoms. The molecule has 1 aliphatic heterocycles. The Kier molecular flexibility index (Phi) is 7.51. The first kappa shape index (κ1) is 22.8. The van der Waals surface area contributed by atoms with Crippen LogP contribution >= 0.6 is 23.2 Å². The molecule has 32 heavy (non-hydrogen) atoms. The summed E-state index contributed by atoms with van der Waals surface area (Å²) in [5, 5.41) is 5.47. The third kappa shape index (κ3) is 5.52. The summed E-state index contributed by atoms with van der Waals surface area (Å²) >= 11 is 12.1. The minimum atomic E-state index is 0.196. The minimum Gasteiger partial charge on any atom is -0.490 e. The summed E-state index contributed by atoms with van der Waals surface area (Å²) in [6.07, 6.45) is 2.15. The van der Waals surface area contributed by atoms with Gasteiger partial charge in [0.1, 0.15) is 11.9 Å². The summed E-state index contributed by atoms with van der Waals surface area (Å²) in [6, 6.07) is 13.3. The molecule has 1 aromatic heterocycles. The third-order valence-corrected chi connectivity index (χ3v) is 6.34. The molecule has 1 saturated heterocycles. The van der Waals surface area contributed by atoms with Gasteiger partial charge in [-0.15, -0.1) is 0 Å². The van der Waals surface area contributed by atoms with E-state index in [1.165, 1.54) is 0 Å². The van der Waals surface area contributed by atoms with Crippen LogP contribution < -0.4 is 14.8 Å². The monoisotopic (exact) mass is 474 g/mol. The fourth-order valence-electron chi connectivity index (χ4n) is 3.90. The van der Waals surface area contributed by atoms with Crippen LogP contribution in [0, 0.1) is 0 Å². The lowest BCUT2D eigenvalue weighted by atomic mass is 10.1. The van der Waals surface area contributed by atoms with Crippen LogP contribution in [-0.4, -0.2) is 43.8 Å². The first-order valence-electron chi connectivity index (χ1n) is 11.0. The molecule has 0 amide bonds. The van der Waals surface area contributed by atoms with Gasteiger partial charge in [-0.05, 0) is 44.0 Å². The van der Waals surface area contributed by atoms with E-state index in [-0.39, 0.29) is 6.10 Å². The summed E-state index contributed by atoms with van der Waals surface area (Å²) < 4.78 is 17.7. The lowest BCUT2D eigenvalue weighted by Gasteiger charge is -2.32. The molecular formula is C25H28Cl2N2O3. The Balaban J connectivity index is 1.22. The number of hydrogen-bond acceptors (Lipinski definition) is 5. The molecule has 0 atom stereocenters. The van der Waals surface area contributed by atoms with Crippen LogP contribution in [0.15, 0.2) is 53.5 Å². The maximum atomic E-state index is 6.08. The van der Waals surface area contributed by atoms with Crippen molar-refractivity contribution >= 4 is 39.9 Å². The molecule has 0 aliphatic carbocycles. The second-order valence-corrected chi connectivity index (χ2v) is 8.67. The number of halogens is 2. The molecule has 170 valence electrons. The second-order valence-electron chi connectivity index (χ2n) is 7.86. The zero-order valence-electron chi connectivity index (χ0n) is 18.2. The van der Waals surface area contributed by atoms with Crippen molar-refractivity contribution in [1.29, 1.82) is 0 Å². The lowest BCUT2D eigenvalue weighted by molar-refractivity contribution is 0.102. The van der Waals surface area contributed by atoms with Crippen molar-refractivity contribution in [3.8, 4) is 11.5 Å². The summed E-state index contributed by atoms with van der Waals surface area (Å²) in [7, 11) is 0. The standard InChI is InChI=1S/C25H28Cl2N2O3/c1-3-30-23-6-4-5-18-15-24(32-25(18)23)17(2)28-11-14-29-12-9-19(10-13-29)31-20-7-8-21(26)22(27)16-20/h4-8,15-16,19,28H,2-3,9-14H2,1H3. The van der Waals surface area contributed by atoms with Crippen LogP contribution in [0.1, 0.15) is 25.5 Å². The first-order chi connectivity index (χ1) is 15.5. The predicted octanol–water partition coefficient (Wildman–Crippen LogP) is 6.24. The number of fused-ring (bicyclic) bond motifs is 1. The average Bonchev–Trinajstić information content (AvgIpc) is 3.23. The number of benzene rings is 2. The van der Waals surface area contributed by atoms with Crippen molar-refractivity contribution < 1.29 is 13.9 Å². The van der Waals surface area contributed by atoms with Gasteiger partial charge in [-0.1, -0.05) is 41.9 Å². The maximum absolute atomic E-state index is 6.08. The topological polar surface area (TPSA) is 46.9 Å². The van der Waals surface area contributed by atoms with Crippen LogP contribution in [-0.2, 0) is 0 Å². The van der Waals surface area contributed by atoms with Crippen molar-refractivity contribution in [2.75, 3.05) is 32.8 Å². The van der Waals surface area contributed by atoms with E-state index >= 15 is 0 Å². The van der Waals surface area contributed by atoms with E-state index in [2.05, 4.69) is 16.8 Å². The van der Waals surface area contributed by atoms with E-state index in [0.29, 0.717) is 16.7 Å². The molecular weight excluding hydrogens is 447 g/mol. The largest absolute Gasteiger partial charge is 0.490 e. The van der Waals surface area contributed by atoms with Gasteiger partial charge in [-0.25, -0.2) is 0 Å². The van der Waals surface area contributed by atoms with Gasteiger partial charge in [0.25, 0.3) is 0 Å². The maximum Gasteiger partial charge on any atom is 0.176 e. The number of ether oxygens (including phenoxy) is 2. The summed E-state index contributed by atoms with van der Waals surface area (Å²) in [5.41, 5.74) is 1.54. The van der Waals surface area contributed by atoms with E-state index < -0.39 is 0 Å². The van der Waals surface area contributed by atoms with Gasteiger partial charge in [0.05, 0.1) is 22.3 Å². The van der Waals surface area contributed by atoms with E-state index in [1.807, 2.05) is 37.3 Å². The van der Waals surface area contributed by atoms with Crippen LogP contribution in [0.5, 0.6) is 11.5 Å². The Hall–Kier alpha value is -2.34. The van der Waals surface area contributed by atoms with Crippen LogP contribution in [0.4, 0.5) is 0 Å². The number of nitrogens with one attached hydrogen (secondary N) is 1. The van der Waals surface area contributed by atoms with E-state index in [4.69, 9.17) is 37.1 Å². The highest BCUT2D eigenvalue weighted by Crippen LogP contribution is 2.31. The third-order valence-electron chi connectivity index (χ3n) is 5.60. The number of nitrogens with zero attached hydrogens (tertiary/aromatic N) is 1. The molecule has 0 saturated carbocycles.